The highest BCUT2D eigenvalue weighted by atomic mass is 32.2. The van der Waals surface area contributed by atoms with E-state index in [4.69, 9.17) is 14.6 Å². The average Bonchev–Trinajstić information content (AvgIpc) is 0.728. The van der Waals surface area contributed by atoms with Crippen molar-refractivity contribution < 1.29 is 65.7 Å². The van der Waals surface area contributed by atoms with E-state index < -0.39 is 54.9 Å². The maximum Gasteiger partial charge on any atom is 0.369 e. The van der Waals surface area contributed by atoms with Gasteiger partial charge in [-0.05, 0) is 240 Å². The summed E-state index contributed by atoms with van der Waals surface area (Å²) < 4.78 is 72.4. The molecule has 5 atom stereocenters. The molecule has 0 aliphatic heterocycles. The van der Waals surface area contributed by atoms with Crippen molar-refractivity contribution >= 4 is 44.5 Å². The molecular weight excluding hydrogens is 1270 g/mol. The Hall–Kier alpha value is -6.69. The van der Waals surface area contributed by atoms with Gasteiger partial charge in [0.05, 0.1) is 38.3 Å². The number of aliphatic hydroxyl groups is 2. The molecular formula is C81H110F2O12S2. The SMILES string of the molecule is C=C(C)c1ccc(C(C)CC)cc1.CCC(C)(C)C(=O)OC(C)C(F)(F)S(=O)(=O)[O-].CCC(C)(C)C(=O)OC12CC3CC(CC(O)(C3)C1)C2.CCC(C)(C)C(=O)Oc1ccc(O)cc1.CCC(C)c1ccc(C(C)(C)O)cc1.c1ccc([S+](c2ccccc2)c2ccccc2)cc1. The molecule has 4 aliphatic carbocycles. The molecule has 12 nitrogen and oxygen atoms in total. The lowest BCUT2D eigenvalue weighted by Gasteiger charge is -2.59. The number of hydrogen-bond donors (Lipinski definition) is 3. The van der Waals surface area contributed by atoms with Gasteiger partial charge in [0.1, 0.15) is 17.1 Å². The van der Waals surface area contributed by atoms with Gasteiger partial charge in [-0.15, -0.1) is 0 Å². The zero-order valence-electron chi connectivity index (χ0n) is 60.5. The molecule has 0 spiro atoms. The third kappa shape index (κ3) is 24.6. The number of phenolic OH excluding ortho intramolecular Hbond substituents is 1. The number of rotatable bonds is 20. The number of aromatic hydroxyl groups is 1. The topological polar surface area (TPSA) is 197 Å². The number of carbonyl (C=O) groups is 3. The van der Waals surface area contributed by atoms with Gasteiger partial charge in [0.15, 0.2) is 30.9 Å². The minimum Gasteiger partial charge on any atom is -0.743 e. The first-order valence-electron chi connectivity index (χ1n) is 34.1. The third-order valence-corrected chi connectivity index (χ3v) is 22.3. The molecule has 0 radical (unpaired) electrons. The highest BCUT2D eigenvalue weighted by Crippen LogP contribution is 2.59. The van der Waals surface area contributed by atoms with E-state index in [1.807, 2.05) is 74.4 Å². The molecule has 10 rings (SSSR count). The fourth-order valence-electron chi connectivity index (χ4n) is 11.2. The maximum atomic E-state index is 13.0. The van der Waals surface area contributed by atoms with E-state index in [9.17, 15) is 46.3 Å². The van der Waals surface area contributed by atoms with E-state index >= 15 is 0 Å². The first kappa shape index (κ1) is 82.7. The highest BCUT2D eigenvalue weighted by Gasteiger charge is 2.59. The number of phenols is 1. The van der Waals surface area contributed by atoms with Crippen LogP contribution in [-0.2, 0) is 50.5 Å². The molecule has 4 aliphatic rings. The van der Waals surface area contributed by atoms with Gasteiger partial charge in [-0.25, -0.2) is 8.42 Å². The van der Waals surface area contributed by atoms with Crippen molar-refractivity contribution in [2.45, 2.75) is 243 Å². The van der Waals surface area contributed by atoms with Crippen LogP contribution in [0.1, 0.15) is 222 Å². The third-order valence-electron chi connectivity index (χ3n) is 19.1. The predicted octanol–water partition coefficient (Wildman–Crippen LogP) is 19.7. The zero-order chi connectivity index (χ0) is 73.0. The fourth-order valence-corrected chi connectivity index (χ4v) is 13.8. The van der Waals surface area contributed by atoms with Crippen LogP contribution in [0.4, 0.5) is 8.78 Å². The molecule has 3 N–H and O–H groups in total. The van der Waals surface area contributed by atoms with E-state index in [0.717, 1.165) is 56.1 Å². The van der Waals surface area contributed by atoms with E-state index in [1.54, 1.807) is 19.1 Å². The van der Waals surface area contributed by atoms with Crippen molar-refractivity contribution in [3.63, 3.8) is 0 Å². The molecule has 532 valence electrons. The summed E-state index contributed by atoms with van der Waals surface area (Å²) >= 11 is 0. The van der Waals surface area contributed by atoms with E-state index in [0.29, 0.717) is 49.2 Å². The summed E-state index contributed by atoms with van der Waals surface area (Å²) in [5.74, 6) is 1.69. The Bertz CT molecular complexity index is 3410. The molecule has 4 fully saturated rings. The molecule has 6 aromatic carbocycles. The zero-order valence-corrected chi connectivity index (χ0v) is 62.2. The summed E-state index contributed by atoms with van der Waals surface area (Å²) in [6, 6.07) is 55.2. The molecule has 0 amide bonds. The van der Waals surface area contributed by atoms with Crippen molar-refractivity contribution in [2.75, 3.05) is 0 Å². The second kappa shape index (κ2) is 35.9. The summed E-state index contributed by atoms with van der Waals surface area (Å²) in [6.07, 6.45) is 7.54. The van der Waals surface area contributed by atoms with E-state index in [1.165, 1.54) is 70.2 Å². The van der Waals surface area contributed by atoms with Gasteiger partial charge in [0.2, 0.25) is 0 Å². The summed E-state index contributed by atoms with van der Waals surface area (Å²) in [4.78, 5) is 39.6. The Kier molecular flexibility index (Phi) is 30.6. The van der Waals surface area contributed by atoms with Gasteiger partial charge in [-0.1, -0.05) is 164 Å². The number of allylic oxidation sites excluding steroid dienone is 1. The largest absolute Gasteiger partial charge is 0.743 e. The number of halogens is 2. The minimum atomic E-state index is -5.86. The number of ether oxygens (including phenoxy) is 3. The van der Waals surface area contributed by atoms with Gasteiger partial charge in [0, 0.05) is 6.42 Å². The number of esters is 3. The van der Waals surface area contributed by atoms with Crippen molar-refractivity contribution in [1.29, 1.82) is 0 Å². The molecule has 16 heteroatoms. The van der Waals surface area contributed by atoms with Crippen molar-refractivity contribution in [3.8, 4) is 11.5 Å². The normalized spacial score (nSPS) is 18.9. The highest BCUT2D eigenvalue weighted by molar-refractivity contribution is 7.97. The second-order valence-corrected chi connectivity index (χ2v) is 32.3. The first-order chi connectivity index (χ1) is 45.1. The van der Waals surface area contributed by atoms with Gasteiger partial charge in [0.25, 0.3) is 0 Å². The number of benzene rings is 6. The van der Waals surface area contributed by atoms with Gasteiger partial charge in [-0.2, -0.15) is 8.78 Å². The van der Waals surface area contributed by atoms with Gasteiger partial charge < -0.3 is 34.1 Å². The van der Waals surface area contributed by atoms with Gasteiger partial charge >= 0.3 is 23.2 Å². The molecule has 0 heterocycles. The van der Waals surface area contributed by atoms with Crippen LogP contribution in [0.3, 0.4) is 0 Å². The van der Waals surface area contributed by atoms with Crippen LogP contribution in [0.2, 0.25) is 0 Å². The van der Waals surface area contributed by atoms with Crippen LogP contribution >= 0.6 is 0 Å². The van der Waals surface area contributed by atoms with Crippen molar-refractivity contribution in [3.05, 3.63) is 193 Å². The van der Waals surface area contributed by atoms with Crippen LogP contribution in [0.15, 0.2) is 185 Å². The van der Waals surface area contributed by atoms with Crippen LogP contribution in [-0.4, -0.2) is 68.8 Å². The Labute approximate surface area is 582 Å². The molecule has 0 aromatic heterocycles. The van der Waals surface area contributed by atoms with Gasteiger partial charge in [-0.3, -0.25) is 14.4 Å². The Morgan fingerprint density at radius 2 is 0.979 bits per heavy atom. The van der Waals surface area contributed by atoms with Crippen molar-refractivity contribution in [2.24, 2.45) is 28.1 Å². The molecule has 4 saturated carbocycles. The van der Waals surface area contributed by atoms with Crippen molar-refractivity contribution in [1.82, 2.24) is 0 Å². The van der Waals surface area contributed by atoms with Crippen LogP contribution in [0.5, 0.6) is 11.5 Å². The summed E-state index contributed by atoms with van der Waals surface area (Å²) in [5, 5.41) is 24.8. The quantitative estimate of drug-likeness (QED) is 0.0283. The lowest BCUT2D eigenvalue weighted by Crippen LogP contribution is -2.61. The second-order valence-electron chi connectivity index (χ2n) is 28.9. The number of alkyl halides is 2. The maximum absolute atomic E-state index is 13.0. The first-order valence-corrected chi connectivity index (χ1v) is 36.7. The average molecular weight is 1380 g/mol. The van der Waals surface area contributed by atoms with Crippen LogP contribution < -0.4 is 4.74 Å². The molecule has 97 heavy (non-hydrogen) atoms. The lowest BCUT2D eigenvalue weighted by molar-refractivity contribution is -0.225. The van der Waals surface area contributed by atoms with E-state index in [-0.39, 0.29) is 34.2 Å². The monoisotopic (exact) mass is 1380 g/mol. The molecule has 0 saturated heterocycles. The standard InChI is InChI=1S/C18H15S.C16H26O3.C13H20O.C13H18.C12H16O3.C9H16F2O5S/c1-4-10-16(11-5-1)19(17-12-6-2-7-13-17)18-14-8-3-9-15-18;1-4-14(2,3)13(17)19-16-8-11-5-12(9-16)7-15(18,6-11)10-16;1-5-10(2)11-6-8-12(9-7-11)13(3,4)14;1-5-11(4)13-8-6-12(7-9-13)10(2)3;1-4-12(2,3)11(14)15-10-7-5-9(13)6-8-10;1-5-8(3,4)7(12)16-6(2)9(10,11)17(13,14)15/h1-15H;11-12,18H,4-10H2,1-3H3;6-10,14H,5H2,1-4H3;6-9,11H,2,5H2,1,3-4H3;5-8,13H,4H2,1-3H3;6H,5H2,1-4H3,(H,13,14,15)/q+1;;;;;/p-1. The summed E-state index contributed by atoms with van der Waals surface area (Å²) in [5.41, 5.74) is 2.58. The van der Waals surface area contributed by atoms with Crippen LogP contribution in [0, 0.1) is 28.1 Å². The molecule has 6 aromatic rings. The minimum absolute atomic E-state index is 0.0146. The van der Waals surface area contributed by atoms with E-state index in [2.05, 4.69) is 166 Å². The molecule has 4 bridgehead atoms. The Balaban J connectivity index is 0.000000249. The molecule has 5 unspecified atom stereocenters. The summed E-state index contributed by atoms with van der Waals surface area (Å²) in [6.45, 7) is 35.3. The number of carbonyl (C=O) groups excluding carboxylic acids is 3. The predicted molar refractivity (Wildman–Crippen MR) is 386 cm³/mol. The Morgan fingerprint density at radius 1 is 0.598 bits per heavy atom. The Morgan fingerprint density at radius 3 is 1.33 bits per heavy atom. The van der Waals surface area contributed by atoms with Crippen LogP contribution in [0.25, 0.3) is 5.57 Å². The smallest absolute Gasteiger partial charge is 0.369 e. The summed E-state index contributed by atoms with van der Waals surface area (Å²) in [7, 11) is -5.87. The number of hydrogen-bond acceptors (Lipinski definition) is 12. The lowest BCUT2D eigenvalue weighted by atomic mass is 9.52. The fraction of sp³-hybridized carbons (Fsp3) is 0.494.